The van der Waals surface area contributed by atoms with Gasteiger partial charge in [-0.25, -0.2) is 0 Å². The van der Waals surface area contributed by atoms with Gasteiger partial charge in [0, 0.05) is 13.1 Å². The Morgan fingerprint density at radius 2 is 2.16 bits per heavy atom. The zero-order valence-corrected chi connectivity index (χ0v) is 11.3. The SMILES string of the molecule is NCC1CCCN(C(=O)CCOc2ccccc2)C1. The first kappa shape index (κ1) is 13.9. The van der Waals surface area contributed by atoms with Crippen LogP contribution in [0.5, 0.6) is 5.75 Å². The van der Waals surface area contributed by atoms with Gasteiger partial charge in [0.25, 0.3) is 0 Å². The zero-order valence-electron chi connectivity index (χ0n) is 11.3. The van der Waals surface area contributed by atoms with Crippen LogP contribution in [0, 0.1) is 5.92 Å². The number of amides is 1. The molecule has 2 N–H and O–H groups in total. The molecule has 19 heavy (non-hydrogen) atoms. The molecule has 1 saturated heterocycles. The molecule has 104 valence electrons. The first-order valence-electron chi connectivity index (χ1n) is 6.95. The van der Waals surface area contributed by atoms with Gasteiger partial charge >= 0.3 is 0 Å². The first-order chi connectivity index (χ1) is 9.29. The van der Waals surface area contributed by atoms with Crippen molar-refractivity contribution in [2.75, 3.05) is 26.2 Å². The minimum absolute atomic E-state index is 0.175. The Bertz CT molecular complexity index is 394. The van der Waals surface area contributed by atoms with Crippen LogP contribution in [0.3, 0.4) is 0 Å². The van der Waals surface area contributed by atoms with Gasteiger partial charge in [0.2, 0.25) is 5.91 Å². The fourth-order valence-corrected chi connectivity index (χ4v) is 2.42. The van der Waals surface area contributed by atoms with Crippen molar-refractivity contribution in [3.63, 3.8) is 0 Å². The van der Waals surface area contributed by atoms with E-state index in [1.165, 1.54) is 0 Å². The smallest absolute Gasteiger partial charge is 0.226 e. The number of rotatable bonds is 5. The van der Waals surface area contributed by atoms with Crippen LogP contribution in [-0.2, 0) is 4.79 Å². The van der Waals surface area contributed by atoms with Crippen LogP contribution in [0.4, 0.5) is 0 Å². The van der Waals surface area contributed by atoms with E-state index in [1.54, 1.807) is 0 Å². The highest BCUT2D eigenvalue weighted by Crippen LogP contribution is 2.16. The van der Waals surface area contributed by atoms with Crippen LogP contribution in [0.2, 0.25) is 0 Å². The van der Waals surface area contributed by atoms with E-state index in [9.17, 15) is 4.79 Å². The largest absolute Gasteiger partial charge is 0.493 e. The van der Waals surface area contributed by atoms with Gasteiger partial charge in [-0.15, -0.1) is 0 Å². The number of likely N-dealkylation sites (tertiary alicyclic amines) is 1. The standard InChI is InChI=1S/C15H22N2O2/c16-11-13-5-4-9-17(12-13)15(18)8-10-19-14-6-2-1-3-7-14/h1-3,6-7,13H,4-5,8-12,16H2. The molecule has 1 atom stereocenters. The molecule has 1 aromatic rings. The quantitative estimate of drug-likeness (QED) is 0.878. The van der Waals surface area contributed by atoms with Gasteiger partial charge in [-0.05, 0) is 37.4 Å². The summed E-state index contributed by atoms with van der Waals surface area (Å²) in [6.45, 7) is 2.78. The Hall–Kier alpha value is -1.55. The minimum Gasteiger partial charge on any atom is -0.493 e. The van der Waals surface area contributed by atoms with Crippen LogP contribution in [0.1, 0.15) is 19.3 Å². The lowest BCUT2D eigenvalue weighted by Gasteiger charge is -2.32. The number of nitrogens with two attached hydrogens (primary N) is 1. The van der Waals surface area contributed by atoms with Crippen LogP contribution in [0.25, 0.3) is 0 Å². The maximum absolute atomic E-state index is 12.1. The average Bonchev–Trinajstić information content (AvgIpc) is 2.48. The van der Waals surface area contributed by atoms with E-state index in [0.717, 1.165) is 31.7 Å². The molecule has 1 fully saturated rings. The molecule has 2 rings (SSSR count). The summed E-state index contributed by atoms with van der Waals surface area (Å²) in [5, 5.41) is 0. The summed E-state index contributed by atoms with van der Waals surface area (Å²) in [5.41, 5.74) is 5.68. The molecule has 0 aromatic heterocycles. The zero-order chi connectivity index (χ0) is 13.5. The molecule has 1 aliphatic heterocycles. The molecule has 0 spiro atoms. The third-order valence-corrected chi connectivity index (χ3v) is 3.53. The third-order valence-electron chi connectivity index (χ3n) is 3.53. The number of hydrogen-bond acceptors (Lipinski definition) is 3. The van der Waals surface area contributed by atoms with E-state index < -0.39 is 0 Å². The second-order valence-electron chi connectivity index (χ2n) is 5.00. The van der Waals surface area contributed by atoms with Crippen LogP contribution < -0.4 is 10.5 Å². The van der Waals surface area contributed by atoms with Gasteiger partial charge in [-0.1, -0.05) is 18.2 Å². The molecule has 4 nitrogen and oxygen atoms in total. The lowest BCUT2D eigenvalue weighted by molar-refractivity contribution is -0.133. The van der Waals surface area contributed by atoms with E-state index in [1.807, 2.05) is 35.2 Å². The van der Waals surface area contributed by atoms with E-state index in [2.05, 4.69) is 0 Å². The van der Waals surface area contributed by atoms with E-state index in [-0.39, 0.29) is 5.91 Å². The van der Waals surface area contributed by atoms with E-state index in [0.29, 0.717) is 25.5 Å². The van der Waals surface area contributed by atoms with Crippen molar-refractivity contribution in [3.8, 4) is 5.75 Å². The predicted octanol–water partition coefficient (Wildman–Crippen LogP) is 1.65. The number of piperidine rings is 1. The topological polar surface area (TPSA) is 55.6 Å². The molecule has 1 aromatic carbocycles. The molecule has 0 radical (unpaired) electrons. The highest BCUT2D eigenvalue weighted by atomic mass is 16.5. The van der Waals surface area contributed by atoms with Crippen LogP contribution >= 0.6 is 0 Å². The highest BCUT2D eigenvalue weighted by molar-refractivity contribution is 5.76. The Labute approximate surface area is 114 Å². The summed E-state index contributed by atoms with van der Waals surface area (Å²) in [6, 6.07) is 9.59. The van der Waals surface area contributed by atoms with Gasteiger partial charge in [-0.2, -0.15) is 0 Å². The number of carbonyl (C=O) groups is 1. The Morgan fingerprint density at radius 1 is 1.37 bits per heavy atom. The lowest BCUT2D eigenvalue weighted by atomic mass is 9.98. The van der Waals surface area contributed by atoms with Crippen molar-refractivity contribution < 1.29 is 9.53 Å². The number of benzene rings is 1. The monoisotopic (exact) mass is 262 g/mol. The van der Waals surface area contributed by atoms with E-state index in [4.69, 9.17) is 10.5 Å². The molecular formula is C15H22N2O2. The van der Waals surface area contributed by atoms with Crippen molar-refractivity contribution >= 4 is 5.91 Å². The van der Waals surface area contributed by atoms with Gasteiger partial charge < -0.3 is 15.4 Å². The summed E-state index contributed by atoms with van der Waals surface area (Å²) in [6.07, 6.45) is 2.64. The van der Waals surface area contributed by atoms with Crippen molar-refractivity contribution in [2.24, 2.45) is 11.7 Å². The number of para-hydroxylation sites is 1. The van der Waals surface area contributed by atoms with Gasteiger partial charge in [-0.3, -0.25) is 4.79 Å². The predicted molar refractivity (Wildman–Crippen MR) is 74.9 cm³/mol. The molecule has 0 bridgehead atoms. The van der Waals surface area contributed by atoms with Crippen molar-refractivity contribution in [1.82, 2.24) is 4.90 Å². The Balaban J connectivity index is 1.72. The second kappa shape index (κ2) is 7.14. The molecule has 1 amide bonds. The molecule has 1 aliphatic rings. The maximum Gasteiger partial charge on any atom is 0.226 e. The first-order valence-corrected chi connectivity index (χ1v) is 6.95. The lowest BCUT2D eigenvalue weighted by Crippen LogP contribution is -2.42. The van der Waals surface area contributed by atoms with Crippen LogP contribution in [-0.4, -0.2) is 37.0 Å². The molecule has 0 aliphatic carbocycles. The minimum atomic E-state index is 0.175. The summed E-state index contributed by atoms with van der Waals surface area (Å²) < 4.78 is 5.55. The van der Waals surface area contributed by atoms with Crippen LogP contribution in [0.15, 0.2) is 30.3 Å². The summed E-state index contributed by atoms with van der Waals surface area (Å²) in [5.74, 6) is 1.45. The van der Waals surface area contributed by atoms with Gasteiger partial charge in [0.05, 0.1) is 13.0 Å². The average molecular weight is 262 g/mol. The number of ether oxygens (including phenoxy) is 1. The van der Waals surface area contributed by atoms with E-state index >= 15 is 0 Å². The third kappa shape index (κ3) is 4.24. The molecular weight excluding hydrogens is 240 g/mol. The van der Waals surface area contributed by atoms with Gasteiger partial charge in [0.1, 0.15) is 5.75 Å². The van der Waals surface area contributed by atoms with Gasteiger partial charge in [0.15, 0.2) is 0 Å². The number of nitrogens with zero attached hydrogens (tertiary/aromatic N) is 1. The maximum atomic E-state index is 12.1. The Kier molecular flexibility index (Phi) is 5.21. The number of hydrogen-bond donors (Lipinski definition) is 1. The Morgan fingerprint density at radius 3 is 2.89 bits per heavy atom. The highest BCUT2D eigenvalue weighted by Gasteiger charge is 2.22. The molecule has 0 saturated carbocycles. The fraction of sp³-hybridized carbons (Fsp3) is 0.533. The number of carbonyl (C=O) groups excluding carboxylic acids is 1. The second-order valence-corrected chi connectivity index (χ2v) is 5.00. The molecule has 1 heterocycles. The summed E-state index contributed by atoms with van der Waals surface area (Å²) >= 11 is 0. The molecule has 4 heteroatoms. The summed E-state index contributed by atoms with van der Waals surface area (Å²) in [7, 11) is 0. The van der Waals surface area contributed by atoms with Crippen molar-refractivity contribution in [2.45, 2.75) is 19.3 Å². The van der Waals surface area contributed by atoms with Crippen molar-refractivity contribution in [1.29, 1.82) is 0 Å². The van der Waals surface area contributed by atoms with Crippen molar-refractivity contribution in [3.05, 3.63) is 30.3 Å². The fourth-order valence-electron chi connectivity index (χ4n) is 2.42. The normalized spacial score (nSPS) is 19.2. The summed E-state index contributed by atoms with van der Waals surface area (Å²) in [4.78, 5) is 14.0. The molecule has 1 unspecified atom stereocenters.